The van der Waals surface area contributed by atoms with Crippen molar-refractivity contribution in [1.82, 2.24) is 19.0 Å². The van der Waals surface area contributed by atoms with Gasteiger partial charge < -0.3 is 4.90 Å². The van der Waals surface area contributed by atoms with Crippen molar-refractivity contribution in [2.75, 3.05) is 19.6 Å². The smallest absolute Gasteiger partial charge is 0.243 e. The lowest BCUT2D eigenvalue weighted by Gasteiger charge is -2.35. The normalized spacial score (nSPS) is 21.2. The highest BCUT2D eigenvalue weighted by molar-refractivity contribution is 7.89. The van der Waals surface area contributed by atoms with Crippen LogP contribution in [0.4, 0.5) is 4.39 Å². The van der Waals surface area contributed by atoms with Crippen LogP contribution in [0.2, 0.25) is 0 Å². The number of hydrogen-bond acceptors (Lipinski definition) is 4. The van der Waals surface area contributed by atoms with Gasteiger partial charge in [-0.25, -0.2) is 12.8 Å². The van der Waals surface area contributed by atoms with Gasteiger partial charge in [0, 0.05) is 32.3 Å². The van der Waals surface area contributed by atoms with Gasteiger partial charge in [-0.3, -0.25) is 9.48 Å². The second-order valence-corrected chi connectivity index (χ2v) is 8.56. The third-order valence-corrected chi connectivity index (χ3v) is 6.69. The van der Waals surface area contributed by atoms with Crippen molar-refractivity contribution in [3.63, 3.8) is 0 Å². The molecular weight excluding hydrogens is 359 g/mol. The van der Waals surface area contributed by atoms with E-state index in [2.05, 4.69) is 5.10 Å². The Labute approximate surface area is 151 Å². The number of hydrogen-bond donors (Lipinski definition) is 0. The number of halogens is 1. The Morgan fingerprint density at radius 2 is 2.12 bits per heavy atom. The predicted octanol–water partition coefficient (Wildman–Crippen LogP) is 1.39. The number of nitrogens with zero attached hydrogens (tertiary/aromatic N) is 4. The monoisotopic (exact) mass is 378 g/mol. The first kappa shape index (κ1) is 17.2. The Bertz CT molecular complexity index is 943. The number of fused-ring (bicyclic) bond motifs is 1. The quantitative estimate of drug-likeness (QED) is 0.806. The topological polar surface area (TPSA) is 75.5 Å². The van der Waals surface area contributed by atoms with Gasteiger partial charge in [0.25, 0.3) is 0 Å². The Morgan fingerprint density at radius 1 is 1.27 bits per heavy atom. The zero-order valence-electron chi connectivity index (χ0n) is 14.1. The van der Waals surface area contributed by atoms with Crippen LogP contribution < -0.4 is 0 Å². The van der Waals surface area contributed by atoms with Crippen LogP contribution in [0.25, 0.3) is 0 Å². The molecule has 0 radical (unpaired) electrons. The van der Waals surface area contributed by atoms with Gasteiger partial charge in [0.1, 0.15) is 5.82 Å². The molecular formula is C17H19FN4O3S. The summed E-state index contributed by atoms with van der Waals surface area (Å²) >= 11 is 0. The summed E-state index contributed by atoms with van der Waals surface area (Å²) in [6, 6.07) is 6.53. The molecule has 2 aromatic rings. The molecule has 0 saturated carbocycles. The molecule has 0 aliphatic carbocycles. The summed E-state index contributed by atoms with van der Waals surface area (Å²) in [4.78, 5) is 13.6. The second kappa shape index (κ2) is 6.48. The molecule has 0 bridgehead atoms. The Morgan fingerprint density at radius 3 is 2.85 bits per heavy atom. The molecule has 2 aliphatic heterocycles. The lowest BCUT2D eigenvalue weighted by molar-refractivity contribution is -0.128. The third-order valence-electron chi connectivity index (χ3n) is 4.89. The largest absolute Gasteiger partial charge is 0.340 e. The maximum atomic E-state index is 13.5. The second-order valence-electron chi connectivity index (χ2n) is 6.62. The van der Waals surface area contributed by atoms with Gasteiger partial charge in [-0.15, -0.1) is 0 Å². The van der Waals surface area contributed by atoms with Crippen molar-refractivity contribution in [2.24, 2.45) is 0 Å². The molecule has 1 fully saturated rings. The summed E-state index contributed by atoms with van der Waals surface area (Å²) in [5.41, 5.74) is 0.757. The number of benzene rings is 1. The van der Waals surface area contributed by atoms with Crippen LogP contribution in [-0.4, -0.2) is 52.9 Å². The molecule has 1 saturated heterocycles. The summed E-state index contributed by atoms with van der Waals surface area (Å²) in [6.07, 6.45) is 2.99. The van der Waals surface area contributed by atoms with E-state index in [9.17, 15) is 17.6 Å². The summed E-state index contributed by atoms with van der Waals surface area (Å²) in [7, 11) is -3.84. The number of likely N-dealkylation sites (tertiary alicyclic amines) is 1. The molecule has 0 spiro atoms. The SMILES string of the molecule is O=C1CCCN1C[C@H]1CN(S(=O)(=O)c2cccc(F)c2)Cc2ccnn21. The van der Waals surface area contributed by atoms with E-state index in [1.807, 2.05) is 0 Å². The minimum Gasteiger partial charge on any atom is -0.340 e. The third kappa shape index (κ3) is 3.01. The molecule has 9 heteroatoms. The van der Waals surface area contributed by atoms with Crippen LogP contribution in [0.15, 0.2) is 41.4 Å². The van der Waals surface area contributed by atoms with E-state index in [0.717, 1.165) is 18.2 Å². The van der Waals surface area contributed by atoms with Crippen LogP contribution in [0.1, 0.15) is 24.6 Å². The van der Waals surface area contributed by atoms with Gasteiger partial charge in [0.2, 0.25) is 15.9 Å². The standard InChI is InChI=1S/C17H19FN4O3S/c18-13-3-1-4-16(9-13)26(24,25)21-11-14-6-7-19-22(14)15(12-21)10-20-8-2-5-17(20)23/h1,3-4,6-7,9,15H,2,5,8,10-12H2/t15-/m0/s1. The fourth-order valence-electron chi connectivity index (χ4n) is 3.60. The van der Waals surface area contributed by atoms with E-state index in [-0.39, 0.29) is 29.9 Å². The lowest BCUT2D eigenvalue weighted by atomic mass is 10.2. The Hall–Kier alpha value is -2.26. The summed E-state index contributed by atoms with van der Waals surface area (Å²) in [5, 5.41) is 4.31. The van der Waals surface area contributed by atoms with E-state index in [1.54, 1.807) is 21.8 Å². The first-order valence-corrected chi connectivity index (χ1v) is 9.95. The van der Waals surface area contributed by atoms with Gasteiger partial charge in [-0.05, 0) is 30.7 Å². The van der Waals surface area contributed by atoms with E-state index in [4.69, 9.17) is 0 Å². The van der Waals surface area contributed by atoms with Crippen LogP contribution in [0.3, 0.4) is 0 Å². The number of carbonyl (C=O) groups is 1. The first-order chi connectivity index (χ1) is 12.4. The van der Waals surface area contributed by atoms with Crippen molar-refractivity contribution in [3.05, 3.63) is 48.0 Å². The predicted molar refractivity (Wildman–Crippen MR) is 91.1 cm³/mol. The summed E-state index contributed by atoms with van der Waals surface area (Å²) < 4.78 is 42.6. The van der Waals surface area contributed by atoms with Crippen molar-refractivity contribution in [3.8, 4) is 0 Å². The molecule has 2 aliphatic rings. The molecule has 7 nitrogen and oxygen atoms in total. The van der Waals surface area contributed by atoms with Crippen LogP contribution in [-0.2, 0) is 21.4 Å². The number of rotatable bonds is 4. The van der Waals surface area contributed by atoms with Crippen LogP contribution in [0.5, 0.6) is 0 Å². The molecule has 1 atom stereocenters. The highest BCUT2D eigenvalue weighted by Crippen LogP contribution is 2.28. The maximum Gasteiger partial charge on any atom is 0.243 e. The molecule has 4 rings (SSSR count). The average Bonchev–Trinajstić information content (AvgIpc) is 3.24. The number of sulfonamides is 1. The minimum atomic E-state index is -3.84. The van der Waals surface area contributed by atoms with Gasteiger partial charge in [-0.1, -0.05) is 6.07 Å². The number of aromatic nitrogens is 2. The van der Waals surface area contributed by atoms with Gasteiger partial charge in [0.15, 0.2) is 0 Å². The molecule has 138 valence electrons. The zero-order valence-corrected chi connectivity index (χ0v) is 14.9. The molecule has 1 amide bonds. The molecule has 0 N–H and O–H groups in total. The Kier molecular flexibility index (Phi) is 4.28. The Balaban J connectivity index is 1.64. The first-order valence-electron chi connectivity index (χ1n) is 8.51. The fourth-order valence-corrected chi connectivity index (χ4v) is 5.08. The van der Waals surface area contributed by atoms with E-state index in [1.165, 1.54) is 22.5 Å². The molecule has 26 heavy (non-hydrogen) atoms. The van der Waals surface area contributed by atoms with E-state index < -0.39 is 15.8 Å². The van der Waals surface area contributed by atoms with Gasteiger partial charge in [-0.2, -0.15) is 9.40 Å². The summed E-state index contributed by atoms with van der Waals surface area (Å²) in [6.45, 7) is 1.46. The fraction of sp³-hybridized carbons (Fsp3) is 0.412. The van der Waals surface area contributed by atoms with E-state index in [0.29, 0.717) is 19.5 Å². The maximum absolute atomic E-state index is 13.5. The van der Waals surface area contributed by atoms with E-state index >= 15 is 0 Å². The van der Waals surface area contributed by atoms with Crippen molar-refractivity contribution in [2.45, 2.75) is 30.3 Å². The number of carbonyl (C=O) groups excluding carboxylic acids is 1. The molecule has 1 aromatic carbocycles. The lowest BCUT2D eigenvalue weighted by Crippen LogP contribution is -2.45. The zero-order chi connectivity index (χ0) is 18.3. The molecule has 1 aromatic heterocycles. The van der Waals surface area contributed by atoms with Crippen LogP contribution in [0, 0.1) is 5.82 Å². The average molecular weight is 378 g/mol. The molecule has 3 heterocycles. The highest BCUT2D eigenvalue weighted by Gasteiger charge is 2.35. The highest BCUT2D eigenvalue weighted by atomic mass is 32.2. The van der Waals surface area contributed by atoms with Crippen LogP contribution >= 0.6 is 0 Å². The van der Waals surface area contributed by atoms with Crippen molar-refractivity contribution in [1.29, 1.82) is 0 Å². The van der Waals surface area contributed by atoms with Crippen molar-refractivity contribution >= 4 is 15.9 Å². The van der Waals surface area contributed by atoms with Gasteiger partial charge in [0.05, 0.1) is 23.2 Å². The summed E-state index contributed by atoms with van der Waals surface area (Å²) in [5.74, 6) is -0.504. The van der Waals surface area contributed by atoms with Crippen molar-refractivity contribution < 1.29 is 17.6 Å². The molecule has 0 unspecified atom stereocenters. The number of amides is 1. The minimum absolute atomic E-state index is 0.0681. The van der Waals surface area contributed by atoms with Gasteiger partial charge >= 0.3 is 0 Å².